The molecule has 0 saturated carbocycles. The largest absolute Gasteiger partial charge is 0.493 e. The lowest BCUT2D eigenvalue weighted by Crippen LogP contribution is -2.43. The van der Waals surface area contributed by atoms with Gasteiger partial charge in [0.05, 0.1) is 48.4 Å². The number of benzene rings is 1. The number of nitrogens with two attached hydrogens (primary N) is 1. The molecule has 5 rings (SSSR count). The summed E-state index contributed by atoms with van der Waals surface area (Å²) in [5, 5.41) is 8.03. The van der Waals surface area contributed by atoms with Gasteiger partial charge in [0.25, 0.3) is 5.91 Å². The van der Waals surface area contributed by atoms with Gasteiger partial charge in [-0.1, -0.05) is 12.1 Å². The molecule has 4 heterocycles. The zero-order valence-corrected chi connectivity index (χ0v) is 18.8. The van der Waals surface area contributed by atoms with Crippen molar-refractivity contribution in [1.29, 1.82) is 0 Å². The van der Waals surface area contributed by atoms with Crippen molar-refractivity contribution >= 4 is 28.3 Å². The van der Waals surface area contributed by atoms with E-state index >= 15 is 0 Å². The van der Waals surface area contributed by atoms with E-state index in [0.29, 0.717) is 35.7 Å². The Bertz CT molecular complexity index is 1310. The van der Waals surface area contributed by atoms with Gasteiger partial charge in [0.2, 0.25) is 0 Å². The van der Waals surface area contributed by atoms with Crippen molar-refractivity contribution in [2.45, 2.75) is 25.4 Å². The van der Waals surface area contributed by atoms with E-state index in [1.807, 2.05) is 0 Å². The molecule has 1 saturated heterocycles. The number of nitrogens with zero attached hydrogens (tertiary/aromatic N) is 4. The van der Waals surface area contributed by atoms with Gasteiger partial charge in [-0.25, -0.2) is 9.37 Å². The molecule has 1 aromatic carbocycles. The first-order chi connectivity index (χ1) is 16.5. The van der Waals surface area contributed by atoms with Crippen molar-refractivity contribution in [3.8, 4) is 5.75 Å². The second-order valence-electron chi connectivity index (χ2n) is 8.46. The summed E-state index contributed by atoms with van der Waals surface area (Å²) < 4.78 is 20.4. The normalized spacial score (nSPS) is 16.1. The first kappa shape index (κ1) is 21.9. The van der Waals surface area contributed by atoms with E-state index in [4.69, 9.17) is 10.5 Å². The van der Waals surface area contributed by atoms with Gasteiger partial charge in [-0.05, 0) is 30.5 Å². The van der Waals surface area contributed by atoms with Crippen LogP contribution in [0, 0.1) is 5.82 Å². The van der Waals surface area contributed by atoms with E-state index in [-0.39, 0.29) is 17.8 Å². The molecule has 0 spiro atoms. The van der Waals surface area contributed by atoms with Crippen LogP contribution in [0.5, 0.6) is 5.75 Å². The van der Waals surface area contributed by atoms with Gasteiger partial charge in [-0.3, -0.25) is 9.48 Å². The first-order valence-corrected chi connectivity index (χ1v) is 11.1. The number of halogens is 1. The van der Waals surface area contributed by atoms with E-state index < -0.39 is 0 Å². The van der Waals surface area contributed by atoms with Crippen molar-refractivity contribution < 1.29 is 13.9 Å². The first-order valence-electron chi connectivity index (χ1n) is 11.1. The van der Waals surface area contributed by atoms with Crippen LogP contribution < -0.4 is 20.7 Å². The number of hydrogen-bond donors (Lipinski definition) is 3. The highest BCUT2D eigenvalue weighted by atomic mass is 19.1. The number of aromatic nitrogens is 4. The Kier molecular flexibility index (Phi) is 5.89. The average Bonchev–Trinajstić information content (AvgIpc) is 3.47. The molecule has 1 fully saturated rings. The molecule has 1 atom stereocenters. The van der Waals surface area contributed by atoms with E-state index in [0.717, 1.165) is 36.0 Å². The predicted molar refractivity (Wildman–Crippen MR) is 128 cm³/mol. The molecule has 0 radical (unpaired) electrons. The molecule has 10 heteroatoms. The van der Waals surface area contributed by atoms with Gasteiger partial charge in [-0.15, -0.1) is 0 Å². The summed E-state index contributed by atoms with van der Waals surface area (Å²) in [6, 6.07) is 6.26. The third-order valence-corrected chi connectivity index (χ3v) is 6.04. The molecule has 4 N–H and O–H groups in total. The molecular weight excluding hydrogens is 437 g/mol. The van der Waals surface area contributed by atoms with E-state index in [9.17, 15) is 9.18 Å². The smallest absolute Gasteiger partial charge is 0.258 e. The zero-order chi connectivity index (χ0) is 23.7. The predicted octanol–water partition coefficient (Wildman–Crippen LogP) is 3.14. The summed E-state index contributed by atoms with van der Waals surface area (Å²) >= 11 is 0. The molecule has 34 heavy (non-hydrogen) atoms. The Morgan fingerprint density at radius 3 is 2.91 bits per heavy atom. The third kappa shape index (κ3) is 4.32. The van der Waals surface area contributed by atoms with Crippen molar-refractivity contribution in [2.75, 3.05) is 30.4 Å². The van der Waals surface area contributed by atoms with Crippen LogP contribution in [0.2, 0.25) is 0 Å². The van der Waals surface area contributed by atoms with E-state index in [1.54, 1.807) is 42.5 Å². The number of aromatic amines is 1. The maximum absolute atomic E-state index is 13.1. The number of piperidine rings is 1. The number of hydrogen-bond acceptors (Lipinski definition) is 6. The molecular formula is C24H26FN7O2. The standard InChI is InChI=1S/C24H26FN7O2/c1-34-20-11-28-23-21(22(20)31-8-2-3-18(26)14-31)19(10-27-23)30-24(33)16-9-29-32(13-16)12-15-4-6-17(25)7-5-15/h4-7,9-11,13,18H,2-3,8,12,14,26H2,1H3,(H,27,28)(H,30,33)/t18-/m1/s1. The Balaban J connectivity index is 1.41. The summed E-state index contributed by atoms with van der Waals surface area (Å²) in [5.74, 6) is 0.0409. The Morgan fingerprint density at radius 2 is 2.15 bits per heavy atom. The Hall–Kier alpha value is -3.92. The van der Waals surface area contributed by atoms with Crippen LogP contribution in [0.1, 0.15) is 28.8 Å². The summed E-state index contributed by atoms with van der Waals surface area (Å²) in [4.78, 5) is 22.8. The number of anilines is 2. The fourth-order valence-corrected chi connectivity index (χ4v) is 4.38. The molecule has 1 aliphatic rings. The number of H-pyrrole nitrogens is 1. The lowest BCUT2D eigenvalue weighted by molar-refractivity contribution is 0.102. The number of amides is 1. The number of fused-ring (bicyclic) bond motifs is 1. The summed E-state index contributed by atoms with van der Waals surface area (Å²) in [7, 11) is 1.61. The van der Waals surface area contributed by atoms with Crippen LogP contribution in [0.3, 0.4) is 0 Å². The molecule has 9 nitrogen and oxygen atoms in total. The lowest BCUT2D eigenvalue weighted by atomic mass is 10.0. The monoisotopic (exact) mass is 463 g/mol. The number of ether oxygens (including phenoxy) is 1. The number of methoxy groups -OCH3 is 1. The van der Waals surface area contributed by atoms with Crippen LogP contribution in [0.4, 0.5) is 15.8 Å². The SMILES string of the molecule is COc1cnc2[nH]cc(NC(=O)c3cnn(Cc4ccc(F)cc4)c3)c2c1N1CCC[C@@H](N)C1. The highest BCUT2D eigenvalue weighted by molar-refractivity contribution is 6.12. The molecule has 0 unspecified atom stereocenters. The fraction of sp³-hybridized carbons (Fsp3) is 0.292. The highest BCUT2D eigenvalue weighted by Crippen LogP contribution is 2.40. The average molecular weight is 464 g/mol. The van der Waals surface area contributed by atoms with Crippen LogP contribution in [-0.2, 0) is 6.54 Å². The number of nitrogens with one attached hydrogen (secondary N) is 2. The Morgan fingerprint density at radius 1 is 1.32 bits per heavy atom. The molecule has 3 aromatic heterocycles. The van der Waals surface area contributed by atoms with Gasteiger partial charge < -0.3 is 25.7 Å². The fourth-order valence-electron chi connectivity index (χ4n) is 4.38. The van der Waals surface area contributed by atoms with Gasteiger partial charge in [0.1, 0.15) is 11.5 Å². The Labute approximate surface area is 195 Å². The maximum Gasteiger partial charge on any atom is 0.258 e. The molecule has 176 valence electrons. The minimum absolute atomic E-state index is 0.0746. The van der Waals surface area contributed by atoms with E-state index in [2.05, 4.69) is 25.3 Å². The third-order valence-electron chi connectivity index (χ3n) is 6.04. The quantitative estimate of drug-likeness (QED) is 0.405. The number of rotatable bonds is 6. The number of carbonyl (C=O) groups is 1. The molecule has 1 amide bonds. The summed E-state index contributed by atoms with van der Waals surface area (Å²) in [6.45, 7) is 1.98. The van der Waals surface area contributed by atoms with Crippen molar-refractivity contribution in [3.63, 3.8) is 0 Å². The topological polar surface area (TPSA) is 114 Å². The molecule has 0 aliphatic carbocycles. The van der Waals surface area contributed by atoms with Gasteiger partial charge in [0.15, 0.2) is 5.75 Å². The lowest BCUT2D eigenvalue weighted by Gasteiger charge is -2.34. The molecule has 1 aliphatic heterocycles. The summed E-state index contributed by atoms with van der Waals surface area (Å²) in [5.41, 5.74) is 9.65. The van der Waals surface area contributed by atoms with Crippen molar-refractivity contribution in [1.82, 2.24) is 19.7 Å². The van der Waals surface area contributed by atoms with Gasteiger partial charge in [0, 0.05) is 31.5 Å². The minimum atomic E-state index is -0.296. The van der Waals surface area contributed by atoms with Crippen LogP contribution in [0.15, 0.2) is 49.1 Å². The van der Waals surface area contributed by atoms with Crippen molar-refractivity contribution in [3.05, 3.63) is 66.0 Å². The second-order valence-corrected chi connectivity index (χ2v) is 8.46. The second kappa shape index (κ2) is 9.14. The maximum atomic E-state index is 13.1. The zero-order valence-electron chi connectivity index (χ0n) is 18.8. The highest BCUT2D eigenvalue weighted by Gasteiger charge is 2.25. The minimum Gasteiger partial charge on any atom is -0.493 e. The van der Waals surface area contributed by atoms with Crippen LogP contribution in [-0.4, -0.2) is 51.9 Å². The van der Waals surface area contributed by atoms with Gasteiger partial charge >= 0.3 is 0 Å². The number of carbonyl (C=O) groups excluding carboxylic acids is 1. The van der Waals surface area contributed by atoms with E-state index in [1.165, 1.54) is 18.3 Å². The molecule has 4 aromatic rings. The number of pyridine rings is 1. The van der Waals surface area contributed by atoms with Gasteiger partial charge in [-0.2, -0.15) is 5.10 Å². The summed E-state index contributed by atoms with van der Waals surface area (Å²) in [6.07, 6.45) is 8.54. The van der Waals surface area contributed by atoms with Crippen LogP contribution >= 0.6 is 0 Å². The van der Waals surface area contributed by atoms with Crippen LogP contribution in [0.25, 0.3) is 11.0 Å². The molecule has 0 bridgehead atoms. The van der Waals surface area contributed by atoms with Crippen molar-refractivity contribution in [2.24, 2.45) is 5.73 Å².